The molecule has 0 radical (unpaired) electrons. The number of hydrogen-bond donors (Lipinski definition) is 0. The zero-order valence-corrected chi connectivity index (χ0v) is 14.6. The number of aromatic nitrogens is 4. The molecular formula is C18H18FN5O2. The van der Waals surface area contributed by atoms with Gasteiger partial charge in [-0.25, -0.2) is 9.07 Å². The Hall–Kier alpha value is -3.03. The zero-order valence-electron chi connectivity index (χ0n) is 14.6. The molecule has 26 heavy (non-hydrogen) atoms. The minimum atomic E-state index is -0.308. The largest absolute Gasteiger partial charge is 0.412 e. The minimum Gasteiger partial charge on any atom is -0.412 e. The van der Waals surface area contributed by atoms with Crippen LogP contribution < -0.4 is 0 Å². The molecule has 1 aromatic carbocycles. The number of amides is 1. The average Bonchev–Trinajstić information content (AvgIpc) is 3.36. The molecule has 1 fully saturated rings. The Morgan fingerprint density at radius 1 is 1.12 bits per heavy atom. The van der Waals surface area contributed by atoms with Crippen LogP contribution in [0.15, 0.2) is 28.7 Å². The van der Waals surface area contributed by atoms with Gasteiger partial charge in [-0.15, -0.1) is 10.2 Å². The summed E-state index contributed by atoms with van der Waals surface area (Å²) in [5.74, 6) is -0.286. The molecule has 0 atom stereocenters. The van der Waals surface area contributed by atoms with Crippen LogP contribution in [0.25, 0.3) is 17.1 Å². The van der Waals surface area contributed by atoms with E-state index in [2.05, 4.69) is 15.3 Å². The lowest BCUT2D eigenvalue weighted by Crippen LogP contribution is -2.27. The van der Waals surface area contributed by atoms with Gasteiger partial charge in [0.2, 0.25) is 0 Å². The highest BCUT2D eigenvalue weighted by Crippen LogP contribution is 2.28. The molecule has 0 saturated carbocycles. The van der Waals surface area contributed by atoms with Crippen molar-refractivity contribution in [3.05, 3.63) is 47.4 Å². The van der Waals surface area contributed by atoms with Gasteiger partial charge in [-0.05, 0) is 51.0 Å². The lowest BCUT2D eigenvalue weighted by atomic mass is 10.2. The topological polar surface area (TPSA) is 77.1 Å². The predicted molar refractivity (Wildman–Crippen MR) is 91.4 cm³/mol. The number of aryl methyl sites for hydroxylation is 1. The molecule has 7 nitrogen and oxygen atoms in total. The second-order valence-electron chi connectivity index (χ2n) is 6.35. The van der Waals surface area contributed by atoms with Crippen molar-refractivity contribution in [3.63, 3.8) is 0 Å². The molecule has 1 aliphatic heterocycles. The molecular weight excluding hydrogens is 337 g/mol. The van der Waals surface area contributed by atoms with E-state index < -0.39 is 0 Å². The van der Waals surface area contributed by atoms with Gasteiger partial charge in [0.15, 0.2) is 0 Å². The minimum absolute atomic E-state index is 0.00441. The molecule has 1 saturated heterocycles. The summed E-state index contributed by atoms with van der Waals surface area (Å²) >= 11 is 0. The van der Waals surface area contributed by atoms with Crippen LogP contribution in [0, 0.1) is 19.7 Å². The quantitative estimate of drug-likeness (QED) is 0.722. The van der Waals surface area contributed by atoms with E-state index >= 15 is 0 Å². The summed E-state index contributed by atoms with van der Waals surface area (Å²) in [6.07, 6.45) is 1.99. The maximum atomic E-state index is 13.2. The Morgan fingerprint density at radius 2 is 1.81 bits per heavy atom. The number of benzene rings is 1. The van der Waals surface area contributed by atoms with Gasteiger partial charge in [0.05, 0.1) is 22.6 Å². The fourth-order valence-electron chi connectivity index (χ4n) is 3.25. The number of likely N-dealkylation sites (tertiary alicyclic amines) is 1. The van der Waals surface area contributed by atoms with E-state index in [1.165, 1.54) is 12.1 Å². The third-order valence-corrected chi connectivity index (χ3v) is 4.58. The summed E-state index contributed by atoms with van der Waals surface area (Å²) in [7, 11) is 0. The molecule has 134 valence electrons. The van der Waals surface area contributed by atoms with Crippen LogP contribution in [0.1, 0.15) is 34.9 Å². The molecule has 1 aliphatic rings. The first-order valence-electron chi connectivity index (χ1n) is 8.50. The highest BCUT2D eigenvalue weighted by Gasteiger charge is 2.26. The molecule has 0 N–H and O–H groups in total. The van der Waals surface area contributed by atoms with E-state index in [0.717, 1.165) is 37.3 Å². The SMILES string of the molecule is Cc1nn(-c2ccc(F)cc2)c(C)c1-c1nnc(C(=O)N2CCCC2)o1. The van der Waals surface area contributed by atoms with Crippen LogP contribution in [0.3, 0.4) is 0 Å². The fourth-order valence-corrected chi connectivity index (χ4v) is 3.25. The van der Waals surface area contributed by atoms with Gasteiger partial charge in [-0.3, -0.25) is 4.79 Å². The van der Waals surface area contributed by atoms with Gasteiger partial charge < -0.3 is 9.32 Å². The summed E-state index contributed by atoms with van der Waals surface area (Å²) in [6.45, 7) is 5.13. The van der Waals surface area contributed by atoms with E-state index in [9.17, 15) is 9.18 Å². The van der Waals surface area contributed by atoms with Crippen molar-refractivity contribution in [3.8, 4) is 17.1 Å². The van der Waals surface area contributed by atoms with Crippen molar-refractivity contribution in [1.29, 1.82) is 0 Å². The Kier molecular flexibility index (Phi) is 4.02. The number of hydrogen-bond acceptors (Lipinski definition) is 5. The summed E-state index contributed by atoms with van der Waals surface area (Å²) in [5, 5.41) is 12.5. The second kappa shape index (κ2) is 6.36. The van der Waals surface area contributed by atoms with Crippen molar-refractivity contribution in [2.75, 3.05) is 13.1 Å². The molecule has 3 heterocycles. The van der Waals surface area contributed by atoms with E-state index in [1.54, 1.807) is 21.7 Å². The number of nitrogens with zero attached hydrogens (tertiary/aromatic N) is 5. The van der Waals surface area contributed by atoms with Crippen molar-refractivity contribution in [2.24, 2.45) is 0 Å². The number of rotatable bonds is 3. The normalized spacial score (nSPS) is 14.2. The summed E-state index contributed by atoms with van der Waals surface area (Å²) in [5.41, 5.74) is 2.88. The van der Waals surface area contributed by atoms with Crippen molar-refractivity contribution >= 4 is 5.91 Å². The zero-order chi connectivity index (χ0) is 18.3. The van der Waals surface area contributed by atoms with Gasteiger partial charge >= 0.3 is 11.8 Å². The third-order valence-electron chi connectivity index (χ3n) is 4.58. The summed E-state index contributed by atoms with van der Waals surface area (Å²) in [6, 6.07) is 6.05. The molecule has 1 amide bonds. The summed E-state index contributed by atoms with van der Waals surface area (Å²) in [4.78, 5) is 14.1. The third kappa shape index (κ3) is 2.77. The van der Waals surface area contributed by atoms with E-state index in [1.807, 2.05) is 13.8 Å². The molecule has 8 heteroatoms. The Morgan fingerprint density at radius 3 is 2.50 bits per heavy atom. The molecule has 2 aromatic heterocycles. The first kappa shape index (κ1) is 16.4. The van der Waals surface area contributed by atoms with Crippen molar-refractivity contribution in [2.45, 2.75) is 26.7 Å². The Bertz CT molecular complexity index is 955. The molecule has 4 rings (SSSR count). The molecule has 0 unspecified atom stereocenters. The van der Waals surface area contributed by atoms with Crippen LogP contribution >= 0.6 is 0 Å². The lowest BCUT2D eigenvalue weighted by Gasteiger charge is -2.11. The number of carbonyl (C=O) groups excluding carboxylic acids is 1. The highest BCUT2D eigenvalue weighted by molar-refractivity contribution is 5.90. The standard InChI is InChI=1S/C18H18FN5O2/c1-11-15(12(2)24(22-11)14-7-5-13(19)6-8-14)16-20-21-17(26-16)18(25)23-9-3-4-10-23/h5-8H,3-4,9-10H2,1-2H3. The van der Waals surface area contributed by atoms with Crippen LogP contribution in [-0.4, -0.2) is 43.9 Å². The van der Waals surface area contributed by atoms with E-state index in [-0.39, 0.29) is 23.5 Å². The van der Waals surface area contributed by atoms with Crippen molar-refractivity contribution < 1.29 is 13.6 Å². The lowest BCUT2D eigenvalue weighted by molar-refractivity contribution is 0.0754. The van der Waals surface area contributed by atoms with Crippen LogP contribution in [0.5, 0.6) is 0 Å². The second-order valence-corrected chi connectivity index (χ2v) is 6.35. The first-order chi connectivity index (χ1) is 12.5. The van der Waals surface area contributed by atoms with E-state index in [0.29, 0.717) is 11.3 Å². The van der Waals surface area contributed by atoms with Crippen LogP contribution in [0.2, 0.25) is 0 Å². The Labute approximate surface area is 149 Å². The van der Waals surface area contributed by atoms with Crippen molar-refractivity contribution in [1.82, 2.24) is 24.9 Å². The molecule has 0 spiro atoms. The van der Waals surface area contributed by atoms with E-state index in [4.69, 9.17) is 4.42 Å². The van der Waals surface area contributed by atoms with Crippen LogP contribution in [0.4, 0.5) is 4.39 Å². The maximum Gasteiger partial charge on any atom is 0.311 e. The summed E-state index contributed by atoms with van der Waals surface area (Å²) < 4.78 is 20.5. The average molecular weight is 355 g/mol. The maximum absolute atomic E-state index is 13.2. The molecule has 0 bridgehead atoms. The highest BCUT2D eigenvalue weighted by atomic mass is 19.1. The van der Waals surface area contributed by atoms with Crippen LogP contribution in [-0.2, 0) is 0 Å². The van der Waals surface area contributed by atoms with Gasteiger partial charge in [0.25, 0.3) is 5.89 Å². The first-order valence-corrected chi connectivity index (χ1v) is 8.50. The Balaban J connectivity index is 1.68. The van der Waals surface area contributed by atoms with Gasteiger partial charge in [0.1, 0.15) is 5.82 Å². The van der Waals surface area contributed by atoms with Gasteiger partial charge in [-0.2, -0.15) is 5.10 Å². The number of carbonyl (C=O) groups is 1. The van der Waals surface area contributed by atoms with Gasteiger partial charge in [-0.1, -0.05) is 0 Å². The number of halogens is 1. The van der Waals surface area contributed by atoms with Gasteiger partial charge in [0, 0.05) is 13.1 Å². The monoisotopic (exact) mass is 355 g/mol. The molecule has 0 aliphatic carbocycles. The predicted octanol–water partition coefficient (Wildman–Crippen LogP) is 2.91. The fraction of sp³-hybridized carbons (Fsp3) is 0.333. The smallest absolute Gasteiger partial charge is 0.311 e. The molecule has 3 aromatic rings.